The van der Waals surface area contributed by atoms with E-state index in [4.69, 9.17) is 0 Å². The van der Waals surface area contributed by atoms with Crippen LogP contribution in [-0.4, -0.2) is 57.8 Å². The van der Waals surface area contributed by atoms with Crippen LogP contribution in [0.2, 0.25) is 0 Å². The number of hydrogen-bond donors (Lipinski definition) is 0. The van der Waals surface area contributed by atoms with Gasteiger partial charge in [-0.05, 0) is 31.9 Å². The average molecular weight is 478 g/mol. The molecule has 9 heteroatoms. The number of imide groups is 3. The highest BCUT2D eigenvalue weighted by molar-refractivity contribution is 6.28. The molecule has 3 aliphatic heterocycles. The maximum Gasteiger partial charge on any atom is 0.258 e. The highest BCUT2D eigenvalue weighted by atomic mass is 16.2. The fraction of sp³-hybridized carbons (Fsp3) is 0.308. The number of carbonyl (C=O) groups excluding carboxylic acids is 6. The Kier molecular flexibility index (Phi) is 8.61. The Balaban J connectivity index is 0.000000150. The van der Waals surface area contributed by atoms with Gasteiger partial charge in [-0.3, -0.25) is 38.6 Å². The number of amides is 6. The fourth-order valence-electron chi connectivity index (χ4n) is 4.09. The molecule has 1 saturated carbocycles. The summed E-state index contributed by atoms with van der Waals surface area (Å²) < 4.78 is 0. The van der Waals surface area contributed by atoms with E-state index in [1.54, 1.807) is 31.2 Å². The molecule has 5 rings (SSSR count). The van der Waals surface area contributed by atoms with Crippen LogP contribution in [0.4, 0.5) is 5.69 Å². The molecule has 1 fully saturated rings. The molecule has 0 unspecified atom stereocenters. The van der Waals surface area contributed by atoms with E-state index in [1.807, 2.05) is 6.07 Å². The molecular weight excluding hydrogens is 450 g/mol. The smallest absolute Gasteiger partial charge is 0.258 e. The number of carbonyl (C=O) groups is 6. The first-order valence-corrected chi connectivity index (χ1v) is 11.5. The lowest BCUT2D eigenvalue weighted by molar-refractivity contribution is -0.140. The fourth-order valence-corrected chi connectivity index (χ4v) is 4.09. The second kappa shape index (κ2) is 11.8. The van der Waals surface area contributed by atoms with E-state index in [0.29, 0.717) is 12.2 Å². The molecule has 0 aromatic heterocycles. The number of para-hydroxylation sites is 1. The molecule has 3 heterocycles. The van der Waals surface area contributed by atoms with Crippen molar-refractivity contribution < 1.29 is 28.8 Å². The van der Waals surface area contributed by atoms with Crippen molar-refractivity contribution >= 4 is 41.1 Å². The summed E-state index contributed by atoms with van der Waals surface area (Å²) in [4.78, 5) is 70.0. The van der Waals surface area contributed by atoms with Crippen molar-refractivity contribution in [1.29, 1.82) is 0 Å². The quantitative estimate of drug-likeness (QED) is 0.618. The minimum atomic E-state index is -0.281. The summed E-state index contributed by atoms with van der Waals surface area (Å²) in [5.74, 6) is -1.23. The Morgan fingerprint density at radius 3 is 1.54 bits per heavy atom. The maximum absolute atomic E-state index is 11.3. The predicted octanol–water partition coefficient (Wildman–Crippen LogP) is 2.29. The Labute approximate surface area is 203 Å². The molecule has 0 spiro atoms. The predicted molar refractivity (Wildman–Crippen MR) is 127 cm³/mol. The topological polar surface area (TPSA) is 112 Å². The molecule has 35 heavy (non-hydrogen) atoms. The van der Waals surface area contributed by atoms with Crippen LogP contribution in [0, 0.1) is 0 Å². The summed E-state index contributed by atoms with van der Waals surface area (Å²) in [5.41, 5.74) is 0.613. The Morgan fingerprint density at radius 1 is 0.629 bits per heavy atom. The number of likely N-dealkylation sites (N-methyl/N-ethyl adjacent to an activating group) is 1. The minimum absolute atomic E-state index is 0.128. The van der Waals surface area contributed by atoms with E-state index in [1.165, 1.54) is 52.7 Å². The molecule has 0 radical (unpaired) electrons. The van der Waals surface area contributed by atoms with Crippen molar-refractivity contribution in [2.45, 2.75) is 45.1 Å². The van der Waals surface area contributed by atoms with Crippen LogP contribution in [-0.2, 0) is 28.8 Å². The highest BCUT2D eigenvalue weighted by Crippen LogP contribution is 2.24. The van der Waals surface area contributed by atoms with Gasteiger partial charge in [0.25, 0.3) is 35.4 Å². The van der Waals surface area contributed by atoms with Gasteiger partial charge in [-0.2, -0.15) is 0 Å². The molecule has 1 aliphatic carbocycles. The average Bonchev–Trinajstić information content (AvgIpc) is 3.51. The lowest BCUT2D eigenvalue weighted by atomic mass is 9.94. The lowest BCUT2D eigenvalue weighted by Crippen LogP contribution is -2.41. The third-order valence-corrected chi connectivity index (χ3v) is 5.82. The normalized spacial score (nSPS) is 19.4. The zero-order valence-corrected chi connectivity index (χ0v) is 19.5. The number of benzene rings is 1. The second-order valence-corrected chi connectivity index (χ2v) is 8.11. The standard InChI is InChI=1S/C10H13NO2.C10H7NO2.C6H7NO2/c2*12-9-6-7-10(13)11(9)8-4-2-1-3-5-8;1-2-7-5(8)3-4-6(7)9/h6-8H,1-5H2;1-7H;3-4H,2H2,1H3. The van der Waals surface area contributed by atoms with Gasteiger partial charge in [-0.1, -0.05) is 37.5 Å². The molecule has 0 atom stereocenters. The van der Waals surface area contributed by atoms with Crippen LogP contribution in [0.1, 0.15) is 39.0 Å². The molecule has 1 aromatic carbocycles. The van der Waals surface area contributed by atoms with Gasteiger partial charge < -0.3 is 0 Å². The molecule has 9 nitrogen and oxygen atoms in total. The maximum atomic E-state index is 11.3. The van der Waals surface area contributed by atoms with Crippen LogP contribution < -0.4 is 4.90 Å². The van der Waals surface area contributed by atoms with Gasteiger partial charge in [0, 0.05) is 49.0 Å². The van der Waals surface area contributed by atoms with Gasteiger partial charge in [0.15, 0.2) is 0 Å². The van der Waals surface area contributed by atoms with Crippen LogP contribution >= 0.6 is 0 Å². The van der Waals surface area contributed by atoms with Gasteiger partial charge in [-0.15, -0.1) is 0 Å². The minimum Gasteiger partial charge on any atom is -0.276 e. The number of hydrogen-bond acceptors (Lipinski definition) is 6. The van der Waals surface area contributed by atoms with Gasteiger partial charge in [-0.25, -0.2) is 4.90 Å². The van der Waals surface area contributed by atoms with E-state index >= 15 is 0 Å². The summed E-state index contributed by atoms with van der Waals surface area (Å²) in [5, 5.41) is 0. The van der Waals surface area contributed by atoms with E-state index < -0.39 is 0 Å². The summed E-state index contributed by atoms with van der Waals surface area (Å²) in [7, 11) is 0. The molecule has 182 valence electrons. The zero-order valence-electron chi connectivity index (χ0n) is 19.5. The van der Waals surface area contributed by atoms with E-state index in [-0.39, 0.29) is 41.5 Å². The molecule has 4 aliphatic rings. The third-order valence-electron chi connectivity index (χ3n) is 5.82. The van der Waals surface area contributed by atoms with Crippen LogP contribution in [0.5, 0.6) is 0 Å². The lowest BCUT2D eigenvalue weighted by Gasteiger charge is -2.29. The molecule has 1 aromatic rings. The van der Waals surface area contributed by atoms with E-state index in [0.717, 1.165) is 30.6 Å². The first kappa shape index (κ1) is 25.5. The van der Waals surface area contributed by atoms with Crippen LogP contribution in [0.25, 0.3) is 0 Å². The van der Waals surface area contributed by atoms with Gasteiger partial charge in [0.2, 0.25) is 0 Å². The summed E-state index contributed by atoms with van der Waals surface area (Å²) in [6.45, 7) is 2.23. The molecule has 6 amide bonds. The van der Waals surface area contributed by atoms with Crippen molar-refractivity contribution in [3.63, 3.8) is 0 Å². The zero-order chi connectivity index (χ0) is 25.4. The molecule has 0 bridgehead atoms. The Bertz CT molecular complexity index is 1050. The molecular formula is C26H27N3O6. The number of nitrogens with zero attached hydrogens (tertiary/aromatic N) is 3. The van der Waals surface area contributed by atoms with Gasteiger partial charge in [0.1, 0.15) is 0 Å². The van der Waals surface area contributed by atoms with E-state index in [9.17, 15) is 28.8 Å². The largest absolute Gasteiger partial charge is 0.276 e. The number of rotatable bonds is 3. The van der Waals surface area contributed by atoms with Crippen molar-refractivity contribution in [2.75, 3.05) is 11.4 Å². The Morgan fingerprint density at radius 2 is 1.09 bits per heavy atom. The monoisotopic (exact) mass is 477 g/mol. The summed E-state index contributed by atoms with van der Waals surface area (Å²) in [6, 6.07) is 9.03. The van der Waals surface area contributed by atoms with Gasteiger partial charge >= 0.3 is 0 Å². The highest BCUT2D eigenvalue weighted by Gasteiger charge is 2.31. The molecule has 0 saturated heterocycles. The second-order valence-electron chi connectivity index (χ2n) is 8.11. The summed E-state index contributed by atoms with van der Waals surface area (Å²) >= 11 is 0. The van der Waals surface area contributed by atoms with Crippen molar-refractivity contribution in [3.05, 3.63) is 66.8 Å². The first-order chi connectivity index (χ1) is 16.8. The SMILES string of the molecule is CCN1C(=O)C=CC1=O.O=C1C=CC(=O)N1C1CCCCC1.O=C1C=CC(=O)N1c1ccccc1. The summed E-state index contributed by atoms with van der Waals surface area (Å²) in [6.07, 6.45) is 13.3. The first-order valence-electron chi connectivity index (χ1n) is 11.5. The third kappa shape index (κ3) is 6.26. The van der Waals surface area contributed by atoms with Crippen molar-refractivity contribution in [2.24, 2.45) is 0 Å². The van der Waals surface area contributed by atoms with Crippen LogP contribution in [0.3, 0.4) is 0 Å². The Hall–Kier alpha value is -4.14. The number of anilines is 1. The van der Waals surface area contributed by atoms with Crippen molar-refractivity contribution in [1.82, 2.24) is 9.80 Å². The van der Waals surface area contributed by atoms with E-state index in [2.05, 4.69) is 0 Å². The van der Waals surface area contributed by atoms with Crippen LogP contribution in [0.15, 0.2) is 66.8 Å². The molecule has 0 N–H and O–H groups in total. The van der Waals surface area contributed by atoms with Crippen molar-refractivity contribution in [3.8, 4) is 0 Å². The van der Waals surface area contributed by atoms with Gasteiger partial charge in [0.05, 0.1) is 5.69 Å².